The van der Waals surface area contributed by atoms with E-state index in [1.807, 2.05) is 31.2 Å². The first-order valence-electron chi connectivity index (χ1n) is 6.63. The van der Waals surface area contributed by atoms with Crippen LogP contribution in [0.5, 0.6) is 5.75 Å². The maximum absolute atomic E-state index is 12.1. The van der Waals surface area contributed by atoms with Crippen LogP contribution in [0.4, 0.5) is 0 Å². The van der Waals surface area contributed by atoms with Crippen molar-refractivity contribution < 1.29 is 9.53 Å². The lowest BCUT2D eigenvalue weighted by atomic mass is 10.1. The number of ketones is 1. The minimum absolute atomic E-state index is 0.157. The Bertz CT molecular complexity index is 375. The molecule has 0 spiro atoms. The number of carbonyl (C=O) groups excluding carboxylic acids is 1. The lowest BCUT2D eigenvalue weighted by Gasteiger charge is -2.10. The van der Waals surface area contributed by atoms with Gasteiger partial charge in [-0.25, -0.2) is 0 Å². The first kappa shape index (κ1) is 14.7. The molecule has 0 unspecified atom stereocenters. The Balaban J connectivity index is 2.50. The molecule has 1 aromatic rings. The first-order chi connectivity index (χ1) is 8.65. The normalized spacial score (nSPS) is 10.7. The molecule has 0 heterocycles. The molecule has 18 heavy (non-hydrogen) atoms. The van der Waals surface area contributed by atoms with Crippen LogP contribution >= 0.6 is 0 Å². The van der Waals surface area contributed by atoms with Gasteiger partial charge in [-0.3, -0.25) is 4.79 Å². The highest BCUT2D eigenvalue weighted by molar-refractivity contribution is 5.98. The van der Waals surface area contributed by atoms with Crippen molar-refractivity contribution in [1.82, 2.24) is 5.32 Å². The third-order valence-corrected chi connectivity index (χ3v) is 2.62. The fourth-order valence-electron chi connectivity index (χ4n) is 1.75. The molecule has 0 bridgehead atoms. The molecule has 1 rings (SSSR count). The van der Waals surface area contributed by atoms with Crippen LogP contribution in [0, 0.1) is 0 Å². The van der Waals surface area contributed by atoms with Gasteiger partial charge in [0.2, 0.25) is 0 Å². The van der Waals surface area contributed by atoms with Crippen LogP contribution < -0.4 is 10.1 Å². The van der Waals surface area contributed by atoms with E-state index in [1.165, 1.54) is 0 Å². The van der Waals surface area contributed by atoms with Gasteiger partial charge in [-0.05, 0) is 32.0 Å². The molecule has 1 aromatic carbocycles. The molecule has 0 aliphatic carbocycles. The Morgan fingerprint density at radius 3 is 2.72 bits per heavy atom. The smallest absolute Gasteiger partial charge is 0.166 e. The average molecular weight is 249 g/mol. The zero-order valence-electron chi connectivity index (χ0n) is 11.5. The lowest BCUT2D eigenvalue weighted by molar-refractivity contribution is 0.0976. The van der Waals surface area contributed by atoms with Gasteiger partial charge in [0.25, 0.3) is 0 Å². The molecule has 0 fully saturated rings. The van der Waals surface area contributed by atoms with E-state index >= 15 is 0 Å². The summed E-state index contributed by atoms with van der Waals surface area (Å²) < 4.78 is 5.47. The van der Waals surface area contributed by atoms with Gasteiger partial charge in [-0.1, -0.05) is 26.0 Å². The molecule has 0 aliphatic heterocycles. The van der Waals surface area contributed by atoms with Crippen molar-refractivity contribution in [3.05, 3.63) is 29.8 Å². The fourth-order valence-corrected chi connectivity index (χ4v) is 1.75. The Labute approximate surface area is 110 Å². The summed E-state index contributed by atoms with van der Waals surface area (Å²) in [7, 11) is 0. The topological polar surface area (TPSA) is 38.3 Å². The van der Waals surface area contributed by atoms with Gasteiger partial charge in [-0.15, -0.1) is 0 Å². The van der Waals surface area contributed by atoms with Crippen LogP contribution in [0.15, 0.2) is 24.3 Å². The molecule has 100 valence electrons. The molecule has 0 saturated carbocycles. The second kappa shape index (κ2) is 7.88. The van der Waals surface area contributed by atoms with Crippen molar-refractivity contribution in [3.8, 4) is 5.75 Å². The predicted molar refractivity (Wildman–Crippen MR) is 74.3 cm³/mol. The van der Waals surface area contributed by atoms with E-state index < -0.39 is 0 Å². The monoisotopic (exact) mass is 249 g/mol. The average Bonchev–Trinajstić information content (AvgIpc) is 2.35. The molecule has 0 amide bonds. The maximum atomic E-state index is 12.1. The van der Waals surface area contributed by atoms with E-state index in [9.17, 15) is 4.79 Å². The summed E-state index contributed by atoms with van der Waals surface area (Å²) in [5.41, 5.74) is 0.698. The van der Waals surface area contributed by atoms with Crippen molar-refractivity contribution >= 4 is 5.78 Å². The molecule has 3 heteroatoms. The van der Waals surface area contributed by atoms with E-state index in [0.29, 0.717) is 30.4 Å². The van der Waals surface area contributed by atoms with Gasteiger partial charge < -0.3 is 10.1 Å². The number of nitrogens with one attached hydrogen (secondary N) is 1. The third-order valence-electron chi connectivity index (χ3n) is 2.62. The molecular weight excluding hydrogens is 226 g/mol. The second-order valence-electron chi connectivity index (χ2n) is 4.56. The summed E-state index contributed by atoms with van der Waals surface area (Å²) >= 11 is 0. The highest BCUT2D eigenvalue weighted by Gasteiger charge is 2.11. The van der Waals surface area contributed by atoms with Gasteiger partial charge in [-0.2, -0.15) is 0 Å². The lowest BCUT2D eigenvalue weighted by Crippen LogP contribution is -2.24. The standard InChI is InChI=1S/C15H23NO2/c1-4-18-15-10-6-5-8-13(15)14(17)9-7-11-16-12(2)3/h5-6,8,10,12,16H,4,7,9,11H2,1-3H3. The molecule has 0 radical (unpaired) electrons. The summed E-state index contributed by atoms with van der Waals surface area (Å²) in [6.07, 6.45) is 1.42. The maximum Gasteiger partial charge on any atom is 0.166 e. The second-order valence-corrected chi connectivity index (χ2v) is 4.56. The van der Waals surface area contributed by atoms with Gasteiger partial charge >= 0.3 is 0 Å². The molecule has 0 aromatic heterocycles. The molecule has 0 atom stereocenters. The van der Waals surface area contributed by atoms with E-state index in [4.69, 9.17) is 4.74 Å². The van der Waals surface area contributed by atoms with Gasteiger partial charge in [0.1, 0.15) is 5.75 Å². The Morgan fingerprint density at radius 1 is 1.33 bits per heavy atom. The van der Waals surface area contributed by atoms with Crippen molar-refractivity contribution in [3.63, 3.8) is 0 Å². The number of rotatable bonds is 8. The molecule has 1 N–H and O–H groups in total. The largest absolute Gasteiger partial charge is 0.493 e. The number of para-hydroxylation sites is 1. The van der Waals surface area contributed by atoms with Gasteiger partial charge in [0.05, 0.1) is 12.2 Å². The van der Waals surface area contributed by atoms with Crippen LogP contribution in [0.1, 0.15) is 44.0 Å². The molecule has 3 nitrogen and oxygen atoms in total. The van der Waals surface area contributed by atoms with Crippen LogP contribution in [0.3, 0.4) is 0 Å². The highest BCUT2D eigenvalue weighted by atomic mass is 16.5. The van der Waals surface area contributed by atoms with Crippen LogP contribution in [0.25, 0.3) is 0 Å². The van der Waals surface area contributed by atoms with Gasteiger partial charge in [0, 0.05) is 12.5 Å². The number of benzene rings is 1. The van der Waals surface area contributed by atoms with E-state index in [0.717, 1.165) is 13.0 Å². The number of ether oxygens (including phenoxy) is 1. The van der Waals surface area contributed by atoms with Crippen molar-refractivity contribution in [2.24, 2.45) is 0 Å². The summed E-state index contributed by atoms with van der Waals surface area (Å²) in [6.45, 7) is 7.59. The summed E-state index contributed by atoms with van der Waals surface area (Å²) in [6, 6.07) is 7.92. The Morgan fingerprint density at radius 2 is 2.06 bits per heavy atom. The zero-order valence-corrected chi connectivity index (χ0v) is 11.5. The van der Waals surface area contributed by atoms with Gasteiger partial charge in [0.15, 0.2) is 5.78 Å². The minimum Gasteiger partial charge on any atom is -0.493 e. The van der Waals surface area contributed by atoms with E-state index in [-0.39, 0.29) is 5.78 Å². The molecular formula is C15H23NO2. The zero-order chi connectivity index (χ0) is 13.4. The summed E-state index contributed by atoms with van der Waals surface area (Å²) in [5, 5.41) is 3.31. The van der Waals surface area contributed by atoms with Crippen LogP contribution in [-0.2, 0) is 0 Å². The Kier molecular flexibility index (Phi) is 6.44. The van der Waals surface area contributed by atoms with Crippen LogP contribution in [-0.4, -0.2) is 25.0 Å². The molecule has 0 saturated heterocycles. The van der Waals surface area contributed by atoms with Crippen molar-refractivity contribution in [1.29, 1.82) is 0 Å². The third kappa shape index (κ3) is 4.88. The SMILES string of the molecule is CCOc1ccccc1C(=O)CCCNC(C)C. The minimum atomic E-state index is 0.157. The summed E-state index contributed by atoms with van der Waals surface area (Å²) in [4.78, 5) is 12.1. The van der Waals surface area contributed by atoms with Crippen molar-refractivity contribution in [2.45, 2.75) is 39.7 Å². The van der Waals surface area contributed by atoms with E-state index in [2.05, 4.69) is 19.2 Å². The highest BCUT2D eigenvalue weighted by Crippen LogP contribution is 2.20. The van der Waals surface area contributed by atoms with Crippen LogP contribution in [0.2, 0.25) is 0 Å². The predicted octanol–water partition coefficient (Wildman–Crippen LogP) is 3.05. The number of carbonyl (C=O) groups is 1. The fraction of sp³-hybridized carbons (Fsp3) is 0.533. The number of hydrogen-bond acceptors (Lipinski definition) is 3. The Hall–Kier alpha value is -1.35. The number of Topliss-reactive ketones (excluding diaryl/α,β-unsaturated/α-hetero) is 1. The quantitative estimate of drug-likeness (QED) is 0.568. The molecule has 0 aliphatic rings. The summed E-state index contributed by atoms with van der Waals surface area (Å²) in [5.74, 6) is 0.853. The number of hydrogen-bond donors (Lipinski definition) is 1. The van der Waals surface area contributed by atoms with Crippen molar-refractivity contribution in [2.75, 3.05) is 13.2 Å². The first-order valence-corrected chi connectivity index (χ1v) is 6.63. The van der Waals surface area contributed by atoms with E-state index in [1.54, 1.807) is 0 Å².